The highest BCUT2D eigenvalue weighted by Crippen LogP contribution is 2.33. The van der Waals surface area contributed by atoms with Gasteiger partial charge in [0.25, 0.3) is 0 Å². The number of nitrogens with zero attached hydrogens (tertiary/aromatic N) is 1. The fraction of sp³-hybridized carbons (Fsp3) is 0.364. The second kappa shape index (κ2) is 3.87. The standard InChI is InChI=1S/C11H10ClNO3/c12-5-8-4-9(13-16-8)7-1-2-10-11(3-7)15-6-14-10/h1-3,8H,4-6H2/t8-/m0/s1. The van der Waals surface area contributed by atoms with Crippen LogP contribution in [-0.2, 0) is 4.84 Å². The molecule has 2 heterocycles. The van der Waals surface area contributed by atoms with E-state index in [1.807, 2.05) is 18.2 Å². The maximum absolute atomic E-state index is 5.71. The van der Waals surface area contributed by atoms with Gasteiger partial charge in [-0.2, -0.15) is 0 Å². The number of halogens is 1. The number of oxime groups is 1. The van der Waals surface area contributed by atoms with Crippen molar-refractivity contribution in [3.05, 3.63) is 23.8 Å². The number of fused-ring (bicyclic) bond motifs is 1. The highest BCUT2D eigenvalue weighted by Gasteiger charge is 2.23. The van der Waals surface area contributed by atoms with Crippen molar-refractivity contribution in [3.8, 4) is 11.5 Å². The number of benzene rings is 1. The van der Waals surface area contributed by atoms with Gasteiger partial charge in [-0.1, -0.05) is 5.16 Å². The van der Waals surface area contributed by atoms with E-state index in [4.69, 9.17) is 25.9 Å². The first-order valence-corrected chi connectivity index (χ1v) is 5.59. The number of ether oxygens (including phenoxy) is 2. The zero-order chi connectivity index (χ0) is 11.0. The van der Waals surface area contributed by atoms with Crippen LogP contribution in [0.15, 0.2) is 23.4 Å². The van der Waals surface area contributed by atoms with E-state index in [-0.39, 0.29) is 12.9 Å². The Hall–Kier alpha value is -1.42. The zero-order valence-corrected chi connectivity index (χ0v) is 9.24. The van der Waals surface area contributed by atoms with Crippen molar-refractivity contribution in [2.45, 2.75) is 12.5 Å². The highest BCUT2D eigenvalue weighted by atomic mass is 35.5. The molecule has 0 unspecified atom stereocenters. The Morgan fingerprint density at radius 3 is 3.00 bits per heavy atom. The first kappa shape index (κ1) is 9.78. The molecule has 1 atom stereocenters. The monoisotopic (exact) mass is 239 g/mol. The Balaban J connectivity index is 1.85. The Bertz CT molecular complexity index is 447. The Labute approximate surface area is 97.7 Å². The van der Waals surface area contributed by atoms with E-state index in [2.05, 4.69) is 5.16 Å². The summed E-state index contributed by atoms with van der Waals surface area (Å²) in [5.74, 6) is 1.99. The van der Waals surface area contributed by atoms with Crippen molar-refractivity contribution in [1.29, 1.82) is 0 Å². The summed E-state index contributed by atoms with van der Waals surface area (Å²) in [5, 5.41) is 4.02. The van der Waals surface area contributed by atoms with Crippen molar-refractivity contribution in [3.63, 3.8) is 0 Å². The van der Waals surface area contributed by atoms with Crippen LogP contribution in [0.3, 0.4) is 0 Å². The largest absolute Gasteiger partial charge is 0.454 e. The molecule has 0 fully saturated rings. The Morgan fingerprint density at radius 2 is 2.19 bits per heavy atom. The summed E-state index contributed by atoms with van der Waals surface area (Å²) in [7, 11) is 0. The molecule has 5 heteroatoms. The lowest BCUT2D eigenvalue weighted by Crippen LogP contribution is -2.09. The zero-order valence-electron chi connectivity index (χ0n) is 8.48. The van der Waals surface area contributed by atoms with Crippen LogP contribution in [0.2, 0.25) is 0 Å². The Morgan fingerprint density at radius 1 is 1.31 bits per heavy atom. The van der Waals surface area contributed by atoms with Crippen LogP contribution in [0, 0.1) is 0 Å². The van der Waals surface area contributed by atoms with Gasteiger partial charge < -0.3 is 14.3 Å². The number of hydrogen-bond donors (Lipinski definition) is 0. The fourth-order valence-electron chi connectivity index (χ4n) is 1.76. The molecular weight excluding hydrogens is 230 g/mol. The summed E-state index contributed by atoms with van der Waals surface area (Å²) < 4.78 is 10.6. The molecular formula is C11H10ClNO3. The molecule has 4 nitrogen and oxygen atoms in total. The summed E-state index contributed by atoms with van der Waals surface area (Å²) in [6.07, 6.45) is 0.727. The maximum atomic E-state index is 5.71. The molecule has 2 aliphatic rings. The summed E-state index contributed by atoms with van der Waals surface area (Å²) in [4.78, 5) is 5.17. The van der Waals surface area contributed by atoms with Gasteiger partial charge in [0.05, 0.1) is 11.6 Å². The van der Waals surface area contributed by atoms with Crippen LogP contribution < -0.4 is 9.47 Å². The van der Waals surface area contributed by atoms with Crippen LogP contribution >= 0.6 is 11.6 Å². The van der Waals surface area contributed by atoms with Crippen LogP contribution in [0.5, 0.6) is 11.5 Å². The van der Waals surface area contributed by atoms with Gasteiger partial charge in [0.15, 0.2) is 11.5 Å². The first-order valence-electron chi connectivity index (χ1n) is 5.05. The summed E-state index contributed by atoms with van der Waals surface area (Å²) in [6, 6.07) is 5.75. The fourth-order valence-corrected chi connectivity index (χ4v) is 1.92. The number of hydrogen-bond acceptors (Lipinski definition) is 4. The summed E-state index contributed by atoms with van der Waals surface area (Å²) >= 11 is 5.71. The molecule has 0 aromatic heterocycles. The van der Waals surface area contributed by atoms with Gasteiger partial charge in [0.1, 0.15) is 6.10 Å². The maximum Gasteiger partial charge on any atom is 0.231 e. The number of alkyl halides is 1. The summed E-state index contributed by atoms with van der Waals surface area (Å²) in [5.41, 5.74) is 1.90. The predicted molar refractivity (Wildman–Crippen MR) is 59.3 cm³/mol. The van der Waals surface area contributed by atoms with Gasteiger partial charge in [0, 0.05) is 12.0 Å². The van der Waals surface area contributed by atoms with Crippen LogP contribution in [0.4, 0.5) is 0 Å². The lowest BCUT2D eigenvalue weighted by atomic mass is 10.1. The van der Waals surface area contributed by atoms with Gasteiger partial charge in [-0.25, -0.2) is 0 Å². The smallest absolute Gasteiger partial charge is 0.231 e. The predicted octanol–water partition coefficient (Wildman–Crippen LogP) is 2.15. The number of rotatable bonds is 2. The topological polar surface area (TPSA) is 40.0 Å². The molecule has 0 spiro atoms. The van der Waals surface area contributed by atoms with E-state index < -0.39 is 0 Å². The third-order valence-electron chi connectivity index (χ3n) is 2.61. The van der Waals surface area contributed by atoms with Gasteiger partial charge in [-0.15, -0.1) is 11.6 Å². The third-order valence-corrected chi connectivity index (χ3v) is 2.96. The second-order valence-electron chi connectivity index (χ2n) is 3.69. The van der Waals surface area contributed by atoms with E-state index in [1.165, 1.54) is 0 Å². The van der Waals surface area contributed by atoms with Crippen molar-refractivity contribution in [2.75, 3.05) is 12.7 Å². The van der Waals surface area contributed by atoms with Gasteiger partial charge in [-0.05, 0) is 18.2 Å². The highest BCUT2D eigenvalue weighted by molar-refractivity contribution is 6.18. The quantitative estimate of drug-likeness (QED) is 0.743. The average Bonchev–Trinajstić information content (AvgIpc) is 2.96. The van der Waals surface area contributed by atoms with Gasteiger partial charge in [-0.3, -0.25) is 0 Å². The lowest BCUT2D eigenvalue weighted by molar-refractivity contribution is 0.102. The minimum Gasteiger partial charge on any atom is -0.454 e. The van der Waals surface area contributed by atoms with Crippen LogP contribution in [0.25, 0.3) is 0 Å². The van der Waals surface area contributed by atoms with Crippen LogP contribution in [-0.4, -0.2) is 24.5 Å². The Kier molecular flexibility index (Phi) is 2.36. The molecule has 0 saturated heterocycles. The van der Waals surface area contributed by atoms with Gasteiger partial charge in [0.2, 0.25) is 6.79 Å². The molecule has 0 saturated carbocycles. The van der Waals surface area contributed by atoms with E-state index in [1.54, 1.807) is 0 Å². The molecule has 1 aromatic rings. The van der Waals surface area contributed by atoms with Crippen molar-refractivity contribution < 1.29 is 14.3 Å². The second-order valence-corrected chi connectivity index (χ2v) is 4.00. The molecule has 2 aliphatic heterocycles. The van der Waals surface area contributed by atoms with Crippen LogP contribution in [0.1, 0.15) is 12.0 Å². The molecule has 1 aromatic carbocycles. The molecule has 0 bridgehead atoms. The third kappa shape index (κ3) is 1.59. The van der Waals surface area contributed by atoms with E-state index in [0.29, 0.717) is 5.88 Å². The normalized spacial score (nSPS) is 21.8. The van der Waals surface area contributed by atoms with E-state index >= 15 is 0 Å². The molecule has 0 aliphatic carbocycles. The van der Waals surface area contributed by atoms with Crippen molar-refractivity contribution >= 4 is 17.3 Å². The van der Waals surface area contributed by atoms with Crippen molar-refractivity contribution in [2.24, 2.45) is 5.16 Å². The molecule has 3 rings (SSSR count). The molecule has 84 valence electrons. The van der Waals surface area contributed by atoms with E-state index in [9.17, 15) is 0 Å². The van der Waals surface area contributed by atoms with Gasteiger partial charge >= 0.3 is 0 Å². The van der Waals surface area contributed by atoms with Crippen molar-refractivity contribution in [1.82, 2.24) is 0 Å². The minimum atomic E-state index is -0.0120. The average molecular weight is 240 g/mol. The van der Waals surface area contributed by atoms with E-state index in [0.717, 1.165) is 29.2 Å². The molecule has 16 heavy (non-hydrogen) atoms. The summed E-state index contributed by atoms with van der Waals surface area (Å²) in [6.45, 7) is 0.284. The first-order chi connectivity index (χ1) is 7.86. The lowest BCUT2D eigenvalue weighted by Gasteiger charge is -2.02. The molecule has 0 radical (unpaired) electrons. The minimum absolute atomic E-state index is 0.0120. The SMILES string of the molecule is ClC[C@@H]1CC(c2ccc3c(c2)OCO3)=NO1. The molecule has 0 N–H and O–H groups in total. The molecule has 0 amide bonds.